The monoisotopic (exact) mass is 571 g/mol. The third-order valence-electron chi connectivity index (χ3n) is 5.30. The molecule has 3 amide bonds. The molecule has 0 fully saturated rings. The molecule has 0 saturated carbocycles. The van der Waals surface area contributed by atoms with Crippen LogP contribution in [-0.4, -0.2) is 29.8 Å². The van der Waals surface area contributed by atoms with Gasteiger partial charge in [-0.05, 0) is 74.5 Å². The molecule has 1 heterocycles. The van der Waals surface area contributed by atoms with Gasteiger partial charge in [-0.2, -0.15) is 0 Å². The van der Waals surface area contributed by atoms with E-state index in [1.807, 2.05) is 0 Å². The molecule has 0 radical (unpaired) electrons. The van der Waals surface area contributed by atoms with Gasteiger partial charge in [0.05, 0.1) is 27.4 Å². The summed E-state index contributed by atoms with van der Waals surface area (Å²) in [5.41, 5.74) is 1.57. The quantitative estimate of drug-likeness (QED) is 0.256. The van der Waals surface area contributed by atoms with Gasteiger partial charge in [0.2, 0.25) is 0 Å². The molecule has 11 heteroatoms. The third kappa shape index (κ3) is 5.83. The molecule has 0 atom stereocenters. The summed E-state index contributed by atoms with van der Waals surface area (Å²) in [5.74, 6) is -2.29. The number of amides is 3. The maximum Gasteiger partial charge on any atom is 0.338 e. The largest absolute Gasteiger partial charge is 0.459 e. The molecule has 1 aliphatic heterocycles. The first kappa shape index (κ1) is 27.2. The predicted octanol–water partition coefficient (Wildman–Crippen LogP) is 6.25. The number of hydrogen-bond donors (Lipinski definition) is 2. The Kier molecular flexibility index (Phi) is 8.06. The van der Waals surface area contributed by atoms with Gasteiger partial charge in [-0.3, -0.25) is 14.4 Å². The van der Waals surface area contributed by atoms with Gasteiger partial charge >= 0.3 is 5.97 Å². The Morgan fingerprint density at radius 1 is 0.816 bits per heavy atom. The number of imide groups is 1. The number of rotatable bonds is 7. The number of anilines is 3. The van der Waals surface area contributed by atoms with Crippen LogP contribution < -0.4 is 15.5 Å². The SMILES string of the molecule is CC(C)OC(=O)c1cccc(NC(=O)c2ccc(NC3=C(Cl)C(=O)N(c4ccc(Cl)c(Cl)c4)C3=O)cc2)c1. The number of nitrogens with one attached hydrogen (secondary N) is 2. The Morgan fingerprint density at radius 3 is 2.18 bits per heavy atom. The van der Waals surface area contributed by atoms with Crippen molar-refractivity contribution >= 4 is 75.6 Å². The highest BCUT2D eigenvalue weighted by molar-refractivity contribution is 6.53. The number of halogens is 3. The van der Waals surface area contributed by atoms with Gasteiger partial charge in [-0.15, -0.1) is 0 Å². The van der Waals surface area contributed by atoms with Crippen LogP contribution in [0.4, 0.5) is 17.1 Å². The number of nitrogens with zero attached hydrogens (tertiary/aromatic N) is 1. The first-order valence-electron chi connectivity index (χ1n) is 11.3. The highest BCUT2D eigenvalue weighted by atomic mass is 35.5. The Morgan fingerprint density at radius 2 is 1.53 bits per heavy atom. The molecular weight excluding hydrogens is 553 g/mol. The van der Waals surface area contributed by atoms with E-state index >= 15 is 0 Å². The summed E-state index contributed by atoms with van der Waals surface area (Å²) in [7, 11) is 0. The molecule has 3 aromatic carbocycles. The molecule has 3 aromatic rings. The molecule has 194 valence electrons. The average molecular weight is 573 g/mol. The Bertz CT molecular complexity index is 1490. The van der Waals surface area contributed by atoms with Crippen LogP contribution >= 0.6 is 34.8 Å². The number of benzene rings is 3. The molecule has 38 heavy (non-hydrogen) atoms. The first-order chi connectivity index (χ1) is 18.0. The second-order valence-electron chi connectivity index (χ2n) is 8.42. The first-order valence-corrected chi connectivity index (χ1v) is 12.4. The van der Waals surface area contributed by atoms with E-state index in [2.05, 4.69) is 10.6 Å². The van der Waals surface area contributed by atoms with Crippen molar-refractivity contribution in [2.45, 2.75) is 20.0 Å². The molecule has 0 unspecified atom stereocenters. The lowest BCUT2D eigenvalue weighted by atomic mass is 10.1. The minimum absolute atomic E-state index is 0.120. The fraction of sp³-hybridized carbons (Fsp3) is 0.111. The highest BCUT2D eigenvalue weighted by Crippen LogP contribution is 2.33. The Hall–Kier alpha value is -3.85. The van der Waals surface area contributed by atoms with Crippen LogP contribution in [-0.2, 0) is 14.3 Å². The maximum atomic E-state index is 13.0. The second-order valence-corrected chi connectivity index (χ2v) is 9.62. The molecular formula is C27H20Cl3N3O5. The fourth-order valence-corrected chi connectivity index (χ4v) is 4.03. The van der Waals surface area contributed by atoms with Gasteiger partial charge in [0.25, 0.3) is 17.7 Å². The van der Waals surface area contributed by atoms with Gasteiger partial charge in [0.1, 0.15) is 10.7 Å². The number of carbonyl (C=O) groups is 4. The summed E-state index contributed by atoms with van der Waals surface area (Å²) in [4.78, 5) is 51.4. The molecule has 1 aliphatic rings. The van der Waals surface area contributed by atoms with E-state index in [4.69, 9.17) is 39.5 Å². The van der Waals surface area contributed by atoms with E-state index in [-0.39, 0.29) is 32.6 Å². The lowest BCUT2D eigenvalue weighted by molar-refractivity contribution is -0.120. The van der Waals surface area contributed by atoms with E-state index < -0.39 is 23.7 Å². The van der Waals surface area contributed by atoms with E-state index in [9.17, 15) is 19.2 Å². The number of esters is 1. The van der Waals surface area contributed by atoms with Crippen LogP contribution in [0.25, 0.3) is 0 Å². The summed E-state index contributed by atoms with van der Waals surface area (Å²) in [6.07, 6.45) is -0.268. The van der Waals surface area contributed by atoms with Crippen molar-refractivity contribution in [1.29, 1.82) is 0 Å². The van der Waals surface area contributed by atoms with Crippen LogP contribution in [0.15, 0.2) is 77.5 Å². The van der Waals surface area contributed by atoms with E-state index in [1.165, 1.54) is 36.4 Å². The molecule has 2 N–H and O–H groups in total. The van der Waals surface area contributed by atoms with Crippen LogP contribution in [0.2, 0.25) is 10.0 Å². The molecule has 4 rings (SSSR count). The standard InChI is InChI=1S/C27H20Cl3N3O5/c1-14(2)38-27(37)16-4-3-5-18(12-16)32-24(34)15-6-8-17(9-7-15)31-23-22(30)25(35)33(26(23)36)19-10-11-20(28)21(29)13-19/h3-14,31H,1-2H3,(H,32,34). The van der Waals surface area contributed by atoms with Gasteiger partial charge in [0, 0.05) is 16.9 Å². The van der Waals surface area contributed by atoms with Gasteiger partial charge in [-0.25, -0.2) is 9.69 Å². The smallest absolute Gasteiger partial charge is 0.338 e. The summed E-state index contributed by atoms with van der Waals surface area (Å²) in [6, 6.07) is 16.9. The second kappa shape index (κ2) is 11.3. The molecule has 0 bridgehead atoms. The highest BCUT2D eigenvalue weighted by Gasteiger charge is 2.39. The van der Waals surface area contributed by atoms with Crippen LogP contribution in [0.1, 0.15) is 34.6 Å². The summed E-state index contributed by atoms with van der Waals surface area (Å²) in [5, 5.41) is 5.73. The van der Waals surface area contributed by atoms with Crippen LogP contribution in [0.5, 0.6) is 0 Å². The van der Waals surface area contributed by atoms with Gasteiger partial charge < -0.3 is 15.4 Å². The van der Waals surface area contributed by atoms with Crippen molar-refractivity contribution < 1.29 is 23.9 Å². The zero-order valence-electron chi connectivity index (χ0n) is 20.1. The molecule has 0 spiro atoms. The van der Waals surface area contributed by atoms with Crippen LogP contribution in [0, 0.1) is 0 Å². The van der Waals surface area contributed by atoms with E-state index in [0.717, 1.165) is 4.90 Å². The number of ether oxygens (including phenoxy) is 1. The van der Waals surface area contributed by atoms with Crippen molar-refractivity contribution in [3.63, 3.8) is 0 Å². The third-order valence-corrected chi connectivity index (χ3v) is 6.39. The van der Waals surface area contributed by atoms with Crippen molar-refractivity contribution in [3.05, 3.63) is 98.6 Å². The van der Waals surface area contributed by atoms with Crippen molar-refractivity contribution in [2.24, 2.45) is 0 Å². The van der Waals surface area contributed by atoms with Crippen LogP contribution in [0.3, 0.4) is 0 Å². The zero-order valence-corrected chi connectivity index (χ0v) is 22.3. The lowest BCUT2D eigenvalue weighted by Crippen LogP contribution is -2.32. The number of hydrogen-bond acceptors (Lipinski definition) is 6. The maximum absolute atomic E-state index is 13.0. The molecule has 0 saturated heterocycles. The topological polar surface area (TPSA) is 105 Å². The van der Waals surface area contributed by atoms with Gasteiger partial charge in [0.15, 0.2) is 0 Å². The number of carbonyl (C=O) groups excluding carboxylic acids is 4. The summed E-state index contributed by atoms with van der Waals surface area (Å²) >= 11 is 18.1. The van der Waals surface area contributed by atoms with Crippen molar-refractivity contribution in [1.82, 2.24) is 0 Å². The normalized spacial score (nSPS) is 13.3. The van der Waals surface area contributed by atoms with Gasteiger partial charge in [-0.1, -0.05) is 40.9 Å². The Labute approximate surface area is 233 Å². The fourth-order valence-electron chi connectivity index (χ4n) is 3.53. The molecule has 0 aromatic heterocycles. The zero-order chi connectivity index (χ0) is 27.6. The Balaban J connectivity index is 1.45. The average Bonchev–Trinajstić information content (AvgIpc) is 3.09. The molecule has 8 nitrogen and oxygen atoms in total. The predicted molar refractivity (Wildman–Crippen MR) is 147 cm³/mol. The van der Waals surface area contributed by atoms with Crippen molar-refractivity contribution in [3.8, 4) is 0 Å². The summed E-state index contributed by atoms with van der Waals surface area (Å²) < 4.78 is 5.18. The van der Waals surface area contributed by atoms with Crippen molar-refractivity contribution in [2.75, 3.05) is 15.5 Å². The lowest BCUT2D eigenvalue weighted by Gasteiger charge is -2.15. The molecule has 0 aliphatic carbocycles. The minimum atomic E-state index is -0.715. The van der Waals surface area contributed by atoms with E-state index in [0.29, 0.717) is 22.5 Å². The summed E-state index contributed by atoms with van der Waals surface area (Å²) in [6.45, 7) is 3.50. The minimum Gasteiger partial charge on any atom is -0.459 e. The van der Waals surface area contributed by atoms with E-state index in [1.54, 1.807) is 44.2 Å².